The molecule has 0 radical (unpaired) electrons. The zero-order valence-corrected chi connectivity index (χ0v) is 10.9. The number of piperidine rings is 1. The van der Waals surface area contributed by atoms with Gasteiger partial charge in [0.1, 0.15) is 0 Å². The summed E-state index contributed by atoms with van der Waals surface area (Å²) in [7, 11) is 0. The molecule has 1 saturated heterocycles. The topological polar surface area (TPSA) is 29.3 Å². The third kappa shape index (κ3) is 3.06. The van der Waals surface area contributed by atoms with Crippen molar-refractivity contribution in [2.24, 2.45) is 17.6 Å². The van der Waals surface area contributed by atoms with Crippen molar-refractivity contribution in [2.75, 3.05) is 26.2 Å². The van der Waals surface area contributed by atoms with Gasteiger partial charge in [-0.1, -0.05) is 6.92 Å². The van der Waals surface area contributed by atoms with E-state index < -0.39 is 0 Å². The van der Waals surface area contributed by atoms with Crippen molar-refractivity contribution in [1.82, 2.24) is 4.90 Å². The highest BCUT2D eigenvalue weighted by atomic mass is 32.1. The molecule has 0 bridgehead atoms. The van der Waals surface area contributed by atoms with E-state index in [0.717, 1.165) is 12.5 Å². The first kappa shape index (κ1) is 12.1. The fourth-order valence-corrected chi connectivity index (χ4v) is 3.16. The maximum Gasteiger partial charge on any atom is 0.00244 e. The highest BCUT2D eigenvalue weighted by Crippen LogP contribution is 2.22. The molecule has 16 heavy (non-hydrogen) atoms. The van der Waals surface area contributed by atoms with Gasteiger partial charge in [-0.2, -0.15) is 11.3 Å². The van der Waals surface area contributed by atoms with Gasteiger partial charge in [0.2, 0.25) is 0 Å². The summed E-state index contributed by atoms with van der Waals surface area (Å²) in [6, 6.07) is 2.23. The molecule has 0 aromatic carbocycles. The van der Waals surface area contributed by atoms with Gasteiger partial charge in [-0.3, -0.25) is 0 Å². The van der Waals surface area contributed by atoms with E-state index in [1.54, 1.807) is 11.3 Å². The number of likely N-dealkylation sites (tertiary alicyclic amines) is 1. The Balaban J connectivity index is 1.78. The quantitative estimate of drug-likeness (QED) is 0.871. The zero-order valence-electron chi connectivity index (χ0n) is 10.1. The molecule has 2 rings (SSSR count). The van der Waals surface area contributed by atoms with E-state index >= 15 is 0 Å². The average molecular weight is 238 g/mol. The van der Waals surface area contributed by atoms with Gasteiger partial charge >= 0.3 is 0 Å². The van der Waals surface area contributed by atoms with Gasteiger partial charge in [-0.15, -0.1) is 0 Å². The summed E-state index contributed by atoms with van der Waals surface area (Å²) in [5.41, 5.74) is 7.30. The van der Waals surface area contributed by atoms with Gasteiger partial charge in [-0.25, -0.2) is 0 Å². The molecule has 0 saturated carbocycles. The van der Waals surface area contributed by atoms with Crippen LogP contribution in [0.4, 0.5) is 0 Å². The smallest absolute Gasteiger partial charge is 0.00244 e. The van der Waals surface area contributed by atoms with E-state index in [0.29, 0.717) is 5.92 Å². The molecule has 1 aliphatic rings. The Bertz CT molecular complexity index is 297. The average Bonchev–Trinajstić information content (AvgIpc) is 2.81. The van der Waals surface area contributed by atoms with Crippen molar-refractivity contribution in [3.05, 3.63) is 22.4 Å². The molecule has 1 fully saturated rings. The fourth-order valence-electron chi connectivity index (χ4n) is 2.46. The van der Waals surface area contributed by atoms with Crippen LogP contribution in [0.2, 0.25) is 0 Å². The monoisotopic (exact) mass is 238 g/mol. The molecule has 2 unspecified atom stereocenters. The van der Waals surface area contributed by atoms with Gasteiger partial charge in [-0.05, 0) is 60.2 Å². The lowest BCUT2D eigenvalue weighted by atomic mass is 9.87. The third-order valence-electron chi connectivity index (χ3n) is 3.80. The van der Waals surface area contributed by atoms with Crippen LogP contribution in [0, 0.1) is 11.8 Å². The van der Waals surface area contributed by atoms with E-state index in [2.05, 4.69) is 28.7 Å². The SMILES string of the molecule is CC1CCN(CCc2ccsc2)CC1CN. The second-order valence-corrected chi connectivity index (χ2v) is 5.72. The van der Waals surface area contributed by atoms with E-state index in [1.807, 2.05) is 0 Å². The van der Waals surface area contributed by atoms with Crippen LogP contribution in [0.5, 0.6) is 0 Å². The Hall–Kier alpha value is -0.380. The van der Waals surface area contributed by atoms with Gasteiger partial charge in [0.05, 0.1) is 0 Å². The van der Waals surface area contributed by atoms with Gasteiger partial charge in [0, 0.05) is 13.1 Å². The first-order valence-electron chi connectivity index (χ1n) is 6.23. The lowest BCUT2D eigenvalue weighted by molar-refractivity contribution is 0.134. The molecule has 2 atom stereocenters. The summed E-state index contributed by atoms with van der Waals surface area (Å²) in [5, 5.41) is 4.42. The van der Waals surface area contributed by atoms with E-state index in [9.17, 15) is 0 Å². The van der Waals surface area contributed by atoms with Crippen LogP contribution in [0.25, 0.3) is 0 Å². The molecule has 1 aliphatic heterocycles. The molecule has 2 heterocycles. The van der Waals surface area contributed by atoms with Crippen LogP contribution < -0.4 is 5.73 Å². The first-order chi connectivity index (χ1) is 7.79. The summed E-state index contributed by atoms with van der Waals surface area (Å²) >= 11 is 1.79. The van der Waals surface area contributed by atoms with Crippen LogP contribution in [0.3, 0.4) is 0 Å². The van der Waals surface area contributed by atoms with Crippen molar-refractivity contribution in [1.29, 1.82) is 0 Å². The van der Waals surface area contributed by atoms with E-state index in [-0.39, 0.29) is 0 Å². The number of nitrogens with two attached hydrogens (primary N) is 1. The molecule has 1 aromatic rings. The lowest BCUT2D eigenvalue weighted by Gasteiger charge is -2.36. The maximum absolute atomic E-state index is 5.82. The number of hydrogen-bond donors (Lipinski definition) is 1. The van der Waals surface area contributed by atoms with Crippen LogP contribution >= 0.6 is 11.3 Å². The Morgan fingerprint density at radius 3 is 3.12 bits per heavy atom. The highest BCUT2D eigenvalue weighted by molar-refractivity contribution is 7.07. The standard InChI is InChI=1S/C13H22N2S/c1-11-2-5-15(9-13(11)8-14)6-3-12-4-7-16-10-12/h4,7,10-11,13H,2-3,5-6,8-9,14H2,1H3. The van der Waals surface area contributed by atoms with Gasteiger partial charge in [0.25, 0.3) is 0 Å². The molecular formula is C13H22N2S. The minimum absolute atomic E-state index is 0.705. The van der Waals surface area contributed by atoms with E-state index in [1.165, 1.54) is 38.0 Å². The normalized spacial score (nSPS) is 27.1. The molecule has 0 aliphatic carbocycles. The second kappa shape index (κ2) is 5.80. The predicted molar refractivity (Wildman–Crippen MR) is 70.8 cm³/mol. The molecule has 90 valence electrons. The largest absolute Gasteiger partial charge is 0.330 e. The molecule has 3 heteroatoms. The molecule has 0 amide bonds. The van der Waals surface area contributed by atoms with Crippen molar-refractivity contribution < 1.29 is 0 Å². The fraction of sp³-hybridized carbons (Fsp3) is 0.692. The third-order valence-corrected chi connectivity index (χ3v) is 4.53. The minimum Gasteiger partial charge on any atom is -0.330 e. The van der Waals surface area contributed by atoms with Crippen LogP contribution in [-0.2, 0) is 6.42 Å². The predicted octanol–water partition coefficient (Wildman–Crippen LogP) is 2.21. The van der Waals surface area contributed by atoms with Crippen LogP contribution in [0.1, 0.15) is 18.9 Å². The molecular weight excluding hydrogens is 216 g/mol. The summed E-state index contributed by atoms with van der Waals surface area (Å²) in [6.07, 6.45) is 2.50. The van der Waals surface area contributed by atoms with Gasteiger partial charge in [0.15, 0.2) is 0 Å². The van der Waals surface area contributed by atoms with Crippen molar-refractivity contribution >= 4 is 11.3 Å². The maximum atomic E-state index is 5.82. The number of thiophene rings is 1. The minimum atomic E-state index is 0.705. The summed E-state index contributed by atoms with van der Waals surface area (Å²) in [6.45, 7) is 6.83. The molecule has 2 N–H and O–H groups in total. The van der Waals surface area contributed by atoms with Crippen molar-refractivity contribution in [3.8, 4) is 0 Å². The van der Waals surface area contributed by atoms with Crippen molar-refractivity contribution in [3.63, 3.8) is 0 Å². The van der Waals surface area contributed by atoms with E-state index in [4.69, 9.17) is 5.73 Å². The molecule has 0 spiro atoms. The number of hydrogen-bond acceptors (Lipinski definition) is 3. The van der Waals surface area contributed by atoms with Gasteiger partial charge < -0.3 is 10.6 Å². The number of nitrogens with zero attached hydrogens (tertiary/aromatic N) is 1. The Labute approximate surface area is 102 Å². The zero-order chi connectivity index (χ0) is 11.4. The Morgan fingerprint density at radius 2 is 2.44 bits per heavy atom. The Morgan fingerprint density at radius 1 is 1.56 bits per heavy atom. The Kier molecular flexibility index (Phi) is 4.38. The van der Waals surface area contributed by atoms with Crippen molar-refractivity contribution in [2.45, 2.75) is 19.8 Å². The second-order valence-electron chi connectivity index (χ2n) is 4.94. The van der Waals surface area contributed by atoms with Crippen LogP contribution in [0.15, 0.2) is 16.8 Å². The summed E-state index contributed by atoms with van der Waals surface area (Å²) in [4.78, 5) is 2.58. The van der Waals surface area contributed by atoms with Crippen LogP contribution in [-0.4, -0.2) is 31.1 Å². The lowest BCUT2D eigenvalue weighted by Crippen LogP contribution is -2.43. The molecule has 2 nitrogen and oxygen atoms in total. The summed E-state index contributed by atoms with van der Waals surface area (Å²) < 4.78 is 0. The molecule has 1 aromatic heterocycles. The number of rotatable bonds is 4. The first-order valence-corrected chi connectivity index (χ1v) is 7.17. The highest BCUT2D eigenvalue weighted by Gasteiger charge is 2.24. The summed E-state index contributed by atoms with van der Waals surface area (Å²) in [5.74, 6) is 1.51.